The molecule has 0 aliphatic rings. The third-order valence-corrected chi connectivity index (χ3v) is 8.82. The molecule has 0 radical (unpaired) electrons. The van der Waals surface area contributed by atoms with Crippen LogP contribution in [0.3, 0.4) is 0 Å². The van der Waals surface area contributed by atoms with Crippen molar-refractivity contribution in [2.45, 2.75) is 96.3 Å². The highest BCUT2D eigenvalue weighted by Gasteiger charge is 2.18. The first-order valence-corrected chi connectivity index (χ1v) is 15.9. The van der Waals surface area contributed by atoms with Crippen molar-refractivity contribution in [3.63, 3.8) is 0 Å². The number of benzene rings is 4. The summed E-state index contributed by atoms with van der Waals surface area (Å²) in [7, 11) is 0. The van der Waals surface area contributed by atoms with Crippen LogP contribution >= 0.6 is 0 Å². The van der Waals surface area contributed by atoms with Gasteiger partial charge in [-0.3, -0.25) is 0 Å². The van der Waals surface area contributed by atoms with Crippen LogP contribution in [0.15, 0.2) is 97.1 Å². The van der Waals surface area contributed by atoms with Gasteiger partial charge in [0.25, 0.3) is 0 Å². The van der Waals surface area contributed by atoms with Gasteiger partial charge in [-0.05, 0) is 76.9 Å². The Morgan fingerprint density at radius 1 is 0.390 bits per heavy atom. The Balaban J connectivity index is 1.56. The first kappa shape index (κ1) is 30.4. The van der Waals surface area contributed by atoms with Crippen LogP contribution in [0.2, 0.25) is 0 Å². The van der Waals surface area contributed by atoms with Gasteiger partial charge in [0, 0.05) is 29.1 Å². The molecular weight excluding hydrogens is 496 g/mol. The second kappa shape index (κ2) is 15.5. The second-order valence-corrected chi connectivity index (χ2v) is 11.7. The number of hydrogen-bond acceptors (Lipinski definition) is 2. The largest absolute Gasteiger partial charge is 0.399 e. The van der Waals surface area contributed by atoms with E-state index in [0.29, 0.717) is 17.8 Å². The average Bonchev–Trinajstić information content (AvgIpc) is 3.00. The molecule has 2 nitrogen and oxygen atoms in total. The second-order valence-electron chi connectivity index (χ2n) is 11.7. The highest BCUT2D eigenvalue weighted by Crippen LogP contribution is 2.35. The fourth-order valence-electron chi connectivity index (χ4n) is 6.36. The Morgan fingerprint density at radius 2 is 0.683 bits per heavy atom. The Labute approximate surface area is 249 Å². The van der Waals surface area contributed by atoms with E-state index in [4.69, 9.17) is 11.5 Å². The van der Waals surface area contributed by atoms with Crippen LogP contribution in [0.1, 0.15) is 130 Å². The first-order chi connectivity index (χ1) is 20.0. The molecule has 4 rings (SSSR count). The zero-order valence-electron chi connectivity index (χ0n) is 25.5. The van der Waals surface area contributed by atoms with E-state index in [0.717, 1.165) is 24.2 Å². The highest BCUT2D eigenvalue weighted by atomic mass is 14.5. The lowest BCUT2D eigenvalue weighted by Gasteiger charge is -2.22. The number of rotatable bonds is 15. The molecule has 2 heteroatoms. The quantitative estimate of drug-likeness (QED) is 0.115. The first-order valence-electron chi connectivity index (χ1n) is 15.9. The molecule has 0 bridgehead atoms. The number of anilines is 2. The maximum Gasteiger partial charge on any atom is 0.0314 e. The summed E-state index contributed by atoms with van der Waals surface area (Å²) in [4.78, 5) is 0. The summed E-state index contributed by atoms with van der Waals surface area (Å²) in [5, 5.41) is 0. The van der Waals surface area contributed by atoms with Gasteiger partial charge in [0.2, 0.25) is 0 Å². The zero-order valence-corrected chi connectivity index (χ0v) is 25.5. The van der Waals surface area contributed by atoms with Gasteiger partial charge in [0.15, 0.2) is 0 Å². The Hall–Kier alpha value is -3.52. The van der Waals surface area contributed by atoms with E-state index >= 15 is 0 Å². The standard InChI is InChI=1S/C39H50N2/c1-4-7-8-9-10-11-12-39(33-17-13-29(14-18-33)37(5-2)31-21-25-35(40)26-22-31)34-19-15-30(16-20-34)38(6-3)32-23-27-36(41)28-24-32/h13-28,37-39H,4-12,40-41H2,1-3H3. The molecule has 0 aliphatic carbocycles. The molecule has 0 aromatic heterocycles. The van der Waals surface area contributed by atoms with Crippen molar-refractivity contribution >= 4 is 11.4 Å². The molecule has 216 valence electrons. The fraction of sp³-hybridized carbons (Fsp3) is 0.385. The van der Waals surface area contributed by atoms with Crippen LogP contribution in [-0.4, -0.2) is 0 Å². The molecule has 0 fully saturated rings. The van der Waals surface area contributed by atoms with E-state index in [2.05, 4.69) is 93.6 Å². The lowest BCUT2D eigenvalue weighted by molar-refractivity contribution is 0.568. The van der Waals surface area contributed by atoms with Crippen LogP contribution < -0.4 is 11.5 Å². The van der Waals surface area contributed by atoms with Crippen LogP contribution in [0.25, 0.3) is 0 Å². The minimum Gasteiger partial charge on any atom is -0.399 e. The fourth-order valence-corrected chi connectivity index (χ4v) is 6.36. The summed E-state index contributed by atoms with van der Waals surface area (Å²) in [6, 6.07) is 35.7. The zero-order chi connectivity index (χ0) is 29.0. The Morgan fingerprint density at radius 3 is 1.02 bits per heavy atom. The molecule has 2 unspecified atom stereocenters. The van der Waals surface area contributed by atoms with E-state index in [-0.39, 0.29) is 0 Å². The van der Waals surface area contributed by atoms with Gasteiger partial charge in [-0.25, -0.2) is 0 Å². The third kappa shape index (κ3) is 8.26. The lowest BCUT2D eigenvalue weighted by Crippen LogP contribution is -2.05. The highest BCUT2D eigenvalue weighted by molar-refractivity contribution is 5.45. The normalized spacial score (nSPS) is 13.5. The molecule has 41 heavy (non-hydrogen) atoms. The molecule has 0 spiro atoms. The van der Waals surface area contributed by atoms with Crippen molar-refractivity contribution in [1.29, 1.82) is 0 Å². The van der Waals surface area contributed by atoms with Crippen molar-refractivity contribution < 1.29 is 0 Å². The van der Waals surface area contributed by atoms with Gasteiger partial charge in [0.1, 0.15) is 0 Å². The minimum atomic E-state index is 0.389. The number of hydrogen-bond donors (Lipinski definition) is 2. The topological polar surface area (TPSA) is 52.0 Å². The monoisotopic (exact) mass is 546 g/mol. The minimum absolute atomic E-state index is 0.389. The van der Waals surface area contributed by atoms with Crippen LogP contribution in [0, 0.1) is 0 Å². The van der Waals surface area contributed by atoms with Gasteiger partial charge in [0.05, 0.1) is 0 Å². The molecular formula is C39H50N2. The summed E-state index contributed by atoms with van der Waals surface area (Å²) < 4.78 is 0. The summed E-state index contributed by atoms with van der Waals surface area (Å²) in [6.45, 7) is 6.83. The van der Waals surface area contributed by atoms with Crippen molar-refractivity contribution in [2.75, 3.05) is 11.5 Å². The molecule has 0 saturated carbocycles. The van der Waals surface area contributed by atoms with E-state index in [9.17, 15) is 0 Å². The molecule has 4 N–H and O–H groups in total. The summed E-state index contributed by atoms with van der Waals surface area (Å²) in [5.74, 6) is 1.19. The SMILES string of the molecule is CCCCCCCCC(c1ccc(C(CC)c2ccc(N)cc2)cc1)c1ccc(C(CC)c2ccc(N)cc2)cc1. The smallest absolute Gasteiger partial charge is 0.0314 e. The predicted molar refractivity (Wildman–Crippen MR) is 179 cm³/mol. The van der Waals surface area contributed by atoms with Crippen LogP contribution in [-0.2, 0) is 0 Å². The molecule has 4 aromatic carbocycles. The van der Waals surface area contributed by atoms with Crippen LogP contribution in [0.4, 0.5) is 11.4 Å². The van der Waals surface area contributed by atoms with Crippen molar-refractivity contribution in [1.82, 2.24) is 0 Å². The number of nitrogen functional groups attached to an aromatic ring is 2. The van der Waals surface area contributed by atoms with Crippen molar-refractivity contribution in [2.24, 2.45) is 0 Å². The predicted octanol–water partition coefficient (Wildman–Crippen LogP) is 10.8. The molecule has 2 atom stereocenters. The van der Waals surface area contributed by atoms with Crippen molar-refractivity contribution in [3.8, 4) is 0 Å². The van der Waals surface area contributed by atoms with Gasteiger partial charge in [-0.2, -0.15) is 0 Å². The Bertz CT molecular complexity index is 1190. The van der Waals surface area contributed by atoms with Gasteiger partial charge in [-0.15, -0.1) is 0 Å². The number of unbranched alkanes of at least 4 members (excludes halogenated alkanes) is 5. The van der Waals surface area contributed by atoms with Crippen molar-refractivity contribution in [3.05, 3.63) is 130 Å². The summed E-state index contributed by atoms with van der Waals surface area (Å²) in [5.41, 5.74) is 21.8. The lowest BCUT2D eigenvalue weighted by atomic mass is 9.82. The summed E-state index contributed by atoms with van der Waals surface area (Å²) >= 11 is 0. The molecule has 0 amide bonds. The molecule has 0 aliphatic heterocycles. The van der Waals surface area contributed by atoms with E-state index in [1.165, 1.54) is 78.3 Å². The summed E-state index contributed by atoms with van der Waals surface area (Å²) in [6.07, 6.45) is 11.3. The van der Waals surface area contributed by atoms with Gasteiger partial charge in [-0.1, -0.05) is 132 Å². The van der Waals surface area contributed by atoms with Crippen LogP contribution in [0.5, 0.6) is 0 Å². The maximum absolute atomic E-state index is 5.95. The Kier molecular flexibility index (Phi) is 11.5. The third-order valence-electron chi connectivity index (χ3n) is 8.82. The van der Waals surface area contributed by atoms with E-state index in [1.54, 1.807) is 0 Å². The molecule has 0 heterocycles. The molecule has 4 aromatic rings. The number of nitrogens with two attached hydrogens (primary N) is 2. The van der Waals surface area contributed by atoms with E-state index < -0.39 is 0 Å². The maximum atomic E-state index is 5.95. The average molecular weight is 547 g/mol. The van der Waals surface area contributed by atoms with Gasteiger partial charge < -0.3 is 11.5 Å². The molecule has 0 saturated heterocycles. The van der Waals surface area contributed by atoms with Gasteiger partial charge >= 0.3 is 0 Å². The van der Waals surface area contributed by atoms with E-state index in [1.807, 2.05) is 24.3 Å².